The van der Waals surface area contributed by atoms with Crippen LogP contribution in [0.25, 0.3) is 0 Å². The fourth-order valence-electron chi connectivity index (χ4n) is 3.35. The molecule has 1 fully saturated rings. The Balaban J connectivity index is 1.46. The number of piperidine rings is 1. The van der Waals surface area contributed by atoms with E-state index in [0.717, 1.165) is 38.1 Å². The van der Waals surface area contributed by atoms with E-state index in [0.29, 0.717) is 11.7 Å². The van der Waals surface area contributed by atoms with Crippen LogP contribution in [0.3, 0.4) is 0 Å². The summed E-state index contributed by atoms with van der Waals surface area (Å²) in [6, 6.07) is 8.67. The highest BCUT2D eigenvalue weighted by Gasteiger charge is 2.24. The molecular formula is C17H21N5OS. The fraction of sp³-hybridized carbons (Fsp3) is 0.471. The summed E-state index contributed by atoms with van der Waals surface area (Å²) in [4.78, 5) is 13.8. The number of aromatic nitrogens is 3. The molecule has 0 spiro atoms. The van der Waals surface area contributed by atoms with Gasteiger partial charge in [0.1, 0.15) is 0 Å². The Morgan fingerprint density at radius 3 is 2.96 bits per heavy atom. The minimum Gasteiger partial charge on any atom is -0.344 e. The molecule has 1 amide bonds. The number of hydrogen-bond donors (Lipinski definition) is 2. The average molecular weight is 343 g/mol. The van der Waals surface area contributed by atoms with Crippen molar-refractivity contribution in [3.05, 3.63) is 41.7 Å². The molecular weight excluding hydrogens is 322 g/mol. The van der Waals surface area contributed by atoms with Crippen LogP contribution in [0.4, 0.5) is 0 Å². The van der Waals surface area contributed by atoms with E-state index in [1.807, 2.05) is 28.6 Å². The number of rotatable bonds is 3. The van der Waals surface area contributed by atoms with Gasteiger partial charge in [0.25, 0.3) is 5.91 Å². The summed E-state index contributed by atoms with van der Waals surface area (Å²) in [5.74, 6) is 0.880. The molecule has 6 nitrogen and oxygen atoms in total. The Hall–Kier alpha value is -1.86. The van der Waals surface area contributed by atoms with Crippen LogP contribution >= 0.6 is 11.8 Å². The van der Waals surface area contributed by atoms with Crippen LogP contribution in [0.15, 0.2) is 35.4 Å². The number of nitrogens with zero attached hydrogens (tertiary/aromatic N) is 3. The first-order valence-corrected chi connectivity index (χ1v) is 9.45. The number of carbonyl (C=O) groups is 1. The Bertz CT molecular complexity index is 725. The van der Waals surface area contributed by atoms with Gasteiger partial charge in [-0.05, 0) is 44.0 Å². The summed E-state index contributed by atoms with van der Waals surface area (Å²) in [5, 5.41) is 14.7. The summed E-state index contributed by atoms with van der Waals surface area (Å²) < 4.78 is 1.85. The Labute approximate surface area is 145 Å². The molecule has 1 aromatic heterocycles. The van der Waals surface area contributed by atoms with Gasteiger partial charge in [-0.25, -0.2) is 4.68 Å². The topological polar surface area (TPSA) is 71.8 Å². The molecule has 4 rings (SSSR count). The third-order valence-electron chi connectivity index (χ3n) is 4.69. The van der Waals surface area contributed by atoms with Gasteiger partial charge in [0.05, 0.1) is 18.3 Å². The molecule has 1 saturated heterocycles. The van der Waals surface area contributed by atoms with Crippen LogP contribution in [0, 0.1) is 0 Å². The second kappa shape index (κ2) is 6.94. The summed E-state index contributed by atoms with van der Waals surface area (Å²) in [6.07, 6.45) is 4.78. The summed E-state index contributed by atoms with van der Waals surface area (Å²) in [6.45, 7) is 1.98. The first-order valence-electron chi connectivity index (χ1n) is 8.46. The third-order valence-corrected chi connectivity index (χ3v) is 5.81. The van der Waals surface area contributed by atoms with Crippen LogP contribution in [0.1, 0.15) is 47.4 Å². The predicted octanol–water partition coefficient (Wildman–Crippen LogP) is 2.17. The zero-order chi connectivity index (χ0) is 16.4. The monoisotopic (exact) mass is 343 g/mol. The predicted molar refractivity (Wildman–Crippen MR) is 93.2 cm³/mol. The highest BCUT2D eigenvalue weighted by atomic mass is 32.2. The smallest absolute Gasteiger partial charge is 0.273 e. The number of nitrogens with one attached hydrogen (secondary N) is 2. The maximum absolute atomic E-state index is 12.6. The molecule has 0 aliphatic carbocycles. The molecule has 2 aliphatic heterocycles. The van der Waals surface area contributed by atoms with Crippen molar-refractivity contribution in [2.75, 3.05) is 18.8 Å². The fourth-order valence-corrected chi connectivity index (χ4v) is 4.48. The highest BCUT2D eigenvalue weighted by Crippen LogP contribution is 2.35. The van der Waals surface area contributed by atoms with Crippen LogP contribution < -0.4 is 10.6 Å². The minimum atomic E-state index is -0.137. The van der Waals surface area contributed by atoms with Crippen molar-refractivity contribution in [1.82, 2.24) is 25.6 Å². The van der Waals surface area contributed by atoms with Gasteiger partial charge in [0, 0.05) is 10.6 Å². The Morgan fingerprint density at radius 2 is 2.08 bits per heavy atom. The number of thioether (sulfide) groups is 1. The van der Waals surface area contributed by atoms with Gasteiger partial charge in [-0.2, -0.15) is 0 Å². The molecule has 3 heterocycles. The Kier molecular flexibility index (Phi) is 4.53. The molecule has 24 heavy (non-hydrogen) atoms. The van der Waals surface area contributed by atoms with Gasteiger partial charge in [0.2, 0.25) is 0 Å². The molecule has 0 bridgehead atoms. The van der Waals surface area contributed by atoms with Crippen molar-refractivity contribution < 1.29 is 4.79 Å². The molecule has 2 N–H and O–H groups in total. The van der Waals surface area contributed by atoms with Crippen LogP contribution in [0.2, 0.25) is 0 Å². The number of carbonyl (C=O) groups excluding carboxylic acids is 1. The molecule has 0 radical (unpaired) electrons. The normalized spacial score (nSPS) is 21.2. The number of benzene rings is 1. The van der Waals surface area contributed by atoms with Crippen molar-refractivity contribution in [2.45, 2.75) is 36.2 Å². The SMILES string of the molecule is O=C(NC1CCSc2ccccc21)c1cn(C2CCNCC2)nn1. The van der Waals surface area contributed by atoms with Crippen molar-refractivity contribution in [2.24, 2.45) is 0 Å². The Morgan fingerprint density at radius 1 is 1.25 bits per heavy atom. The first kappa shape index (κ1) is 15.7. The minimum absolute atomic E-state index is 0.0546. The lowest BCUT2D eigenvalue weighted by Gasteiger charge is -2.25. The van der Waals surface area contributed by atoms with Crippen LogP contribution in [0.5, 0.6) is 0 Å². The molecule has 1 unspecified atom stereocenters. The molecule has 0 saturated carbocycles. The van der Waals surface area contributed by atoms with Gasteiger partial charge in [0.15, 0.2) is 5.69 Å². The average Bonchev–Trinajstić information content (AvgIpc) is 3.13. The van der Waals surface area contributed by atoms with Crippen molar-refractivity contribution >= 4 is 17.7 Å². The maximum atomic E-state index is 12.6. The second-order valence-corrected chi connectivity index (χ2v) is 7.40. The van der Waals surface area contributed by atoms with Gasteiger partial charge >= 0.3 is 0 Å². The number of amides is 1. The standard InChI is InChI=1S/C17H21N5OS/c23-17(15-11-22(21-20-15)12-5-8-18-9-6-12)19-14-7-10-24-16-4-2-1-3-13(14)16/h1-4,11-12,14,18H,5-10H2,(H,19,23). The highest BCUT2D eigenvalue weighted by molar-refractivity contribution is 7.99. The van der Waals surface area contributed by atoms with E-state index in [9.17, 15) is 4.79 Å². The largest absolute Gasteiger partial charge is 0.344 e. The van der Waals surface area contributed by atoms with Gasteiger partial charge in [-0.1, -0.05) is 23.4 Å². The number of fused-ring (bicyclic) bond motifs is 1. The van der Waals surface area contributed by atoms with E-state index < -0.39 is 0 Å². The van der Waals surface area contributed by atoms with E-state index in [-0.39, 0.29) is 11.9 Å². The van der Waals surface area contributed by atoms with Crippen LogP contribution in [-0.2, 0) is 0 Å². The van der Waals surface area contributed by atoms with Crippen molar-refractivity contribution in [3.63, 3.8) is 0 Å². The van der Waals surface area contributed by atoms with E-state index in [1.54, 1.807) is 6.20 Å². The van der Waals surface area contributed by atoms with Gasteiger partial charge in [-0.3, -0.25) is 4.79 Å². The molecule has 2 aliphatic rings. The molecule has 1 aromatic carbocycles. The third kappa shape index (κ3) is 3.18. The van der Waals surface area contributed by atoms with E-state index in [4.69, 9.17) is 0 Å². The zero-order valence-corrected chi connectivity index (χ0v) is 14.3. The molecule has 2 aromatic rings. The van der Waals surface area contributed by atoms with E-state index >= 15 is 0 Å². The second-order valence-electron chi connectivity index (χ2n) is 6.27. The van der Waals surface area contributed by atoms with Gasteiger partial charge < -0.3 is 10.6 Å². The lowest BCUT2D eigenvalue weighted by molar-refractivity contribution is 0.0930. The van der Waals surface area contributed by atoms with E-state index in [1.165, 1.54) is 10.5 Å². The summed E-state index contributed by atoms with van der Waals surface area (Å²) in [5.41, 5.74) is 1.61. The van der Waals surface area contributed by atoms with E-state index in [2.05, 4.69) is 33.1 Å². The van der Waals surface area contributed by atoms with Crippen molar-refractivity contribution in [3.8, 4) is 0 Å². The number of hydrogen-bond acceptors (Lipinski definition) is 5. The first-order chi connectivity index (χ1) is 11.8. The quantitative estimate of drug-likeness (QED) is 0.894. The van der Waals surface area contributed by atoms with Crippen LogP contribution in [-0.4, -0.2) is 39.7 Å². The molecule has 7 heteroatoms. The summed E-state index contributed by atoms with van der Waals surface area (Å²) in [7, 11) is 0. The van der Waals surface area contributed by atoms with Crippen molar-refractivity contribution in [1.29, 1.82) is 0 Å². The van der Waals surface area contributed by atoms with Gasteiger partial charge in [-0.15, -0.1) is 16.9 Å². The maximum Gasteiger partial charge on any atom is 0.273 e. The zero-order valence-electron chi connectivity index (χ0n) is 13.4. The lowest BCUT2D eigenvalue weighted by atomic mass is 10.0. The summed E-state index contributed by atoms with van der Waals surface area (Å²) >= 11 is 1.85. The molecule has 126 valence electrons. The molecule has 1 atom stereocenters. The lowest BCUT2D eigenvalue weighted by Crippen LogP contribution is -2.31.